The van der Waals surface area contributed by atoms with Crippen LogP contribution in [-0.4, -0.2) is 25.2 Å². The maximum absolute atomic E-state index is 3.81. The lowest BCUT2D eigenvalue weighted by molar-refractivity contribution is 0.214. The molecule has 2 N–H and O–H groups in total. The second-order valence-corrected chi connectivity index (χ2v) is 5.57. The number of nitrogens with one attached hydrogen (secondary N) is 2. The van der Waals surface area contributed by atoms with Crippen LogP contribution in [0.2, 0.25) is 0 Å². The van der Waals surface area contributed by atoms with Gasteiger partial charge < -0.3 is 10.6 Å². The van der Waals surface area contributed by atoms with Gasteiger partial charge in [0.25, 0.3) is 0 Å². The average Bonchev–Trinajstić information content (AvgIpc) is 2.83. The van der Waals surface area contributed by atoms with Gasteiger partial charge in [-0.15, -0.1) is 0 Å². The zero-order chi connectivity index (χ0) is 11.2. The van der Waals surface area contributed by atoms with E-state index < -0.39 is 0 Å². The van der Waals surface area contributed by atoms with Gasteiger partial charge in [0.05, 0.1) is 0 Å². The van der Waals surface area contributed by atoms with E-state index in [0.717, 1.165) is 18.0 Å². The third-order valence-electron chi connectivity index (χ3n) is 4.37. The smallest absolute Gasteiger partial charge is 0.0111 e. The first-order valence-electron chi connectivity index (χ1n) is 7.38. The third-order valence-corrected chi connectivity index (χ3v) is 4.37. The average molecular weight is 224 g/mol. The van der Waals surface area contributed by atoms with Gasteiger partial charge in [-0.3, -0.25) is 0 Å². The van der Waals surface area contributed by atoms with E-state index in [0.29, 0.717) is 0 Å². The number of hydrogen-bond acceptors (Lipinski definition) is 2. The molecule has 0 bridgehead atoms. The third kappa shape index (κ3) is 3.21. The fourth-order valence-electron chi connectivity index (χ4n) is 3.44. The molecule has 1 saturated heterocycles. The lowest BCUT2D eigenvalue weighted by Crippen LogP contribution is -2.47. The van der Waals surface area contributed by atoms with Crippen molar-refractivity contribution in [3.8, 4) is 0 Å². The molecule has 2 fully saturated rings. The highest BCUT2D eigenvalue weighted by molar-refractivity contribution is 4.91. The summed E-state index contributed by atoms with van der Waals surface area (Å²) < 4.78 is 0. The van der Waals surface area contributed by atoms with E-state index in [1.807, 2.05) is 0 Å². The fraction of sp³-hybridized carbons (Fsp3) is 1.00. The van der Waals surface area contributed by atoms with Gasteiger partial charge in [0.2, 0.25) is 0 Å². The van der Waals surface area contributed by atoms with Crippen LogP contribution in [0.3, 0.4) is 0 Å². The molecule has 0 aromatic heterocycles. The maximum Gasteiger partial charge on any atom is 0.0111 e. The van der Waals surface area contributed by atoms with Gasteiger partial charge in [-0.1, -0.05) is 26.2 Å². The van der Waals surface area contributed by atoms with Gasteiger partial charge in [-0.25, -0.2) is 0 Å². The molecular weight excluding hydrogens is 196 g/mol. The lowest BCUT2D eigenvalue weighted by Gasteiger charge is -2.36. The molecule has 16 heavy (non-hydrogen) atoms. The van der Waals surface area contributed by atoms with Crippen molar-refractivity contribution in [1.29, 1.82) is 0 Å². The number of unbranched alkanes of at least 4 members (excludes halogenated alkanes) is 1. The molecule has 1 heterocycles. The van der Waals surface area contributed by atoms with Crippen molar-refractivity contribution in [2.24, 2.45) is 5.92 Å². The zero-order valence-corrected chi connectivity index (χ0v) is 10.8. The highest BCUT2D eigenvalue weighted by Crippen LogP contribution is 2.30. The molecule has 3 atom stereocenters. The van der Waals surface area contributed by atoms with Crippen LogP contribution in [0.4, 0.5) is 0 Å². The van der Waals surface area contributed by atoms with E-state index in [1.54, 1.807) is 0 Å². The Labute approximate surface area is 101 Å². The first kappa shape index (κ1) is 12.4. The Morgan fingerprint density at radius 1 is 1.12 bits per heavy atom. The van der Waals surface area contributed by atoms with Crippen molar-refractivity contribution < 1.29 is 0 Å². The highest BCUT2D eigenvalue weighted by Gasteiger charge is 2.32. The minimum Gasteiger partial charge on any atom is -0.314 e. The molecule has 2 heteroatoms. The molecule has 1 aliphatic carbocycles. The first-order chi connectivity index (χ1) is 7.92. The molecule has 1 saturated carbocycles. The van der Waals surface area contributed by atoms with Crippen LogP contribution in [0.25, 0.3) is 0 Å². The minimum absolute atomic E-state index is 0.802. The van der Waals surface area contributed by atoms with Gasteiger partial charge in [-0.05, 0) is 51.1 Å². The van der Waals surface area contributed by atoms with E-state index in [-0.39, 0.29) is 0 Å². The monoisotopic (exact) mass is 224 g/mol. The Morgan fingerprint density at radius 3 is 2.75 bits per heavy atom. The van der Waals surface area contributed by atoms with Crippen LogP contribution in [0, 0.1) is 5.92 Å². The minimum atomic E-state index is 0.802. The summed E-state index contributed by atoms with van der Waals surface area (Å²) in [4.78, 5) is 0. The lowest BCUT2D eigenvalue weighted by atomic mass is 9.79. The van der Waals surface area contributed by atoms with Gasteiger partial charge in [-0.2, -0.15) is 0 Å². The molecule has 0 aromatic rings. The predicted octanol–water partition coefficient (Wildman–Crippen LogP) is 2.69. The van der Waals surface area contributed by atoms with Gasteiger partial charge >= 0.3 is 0 Å². The molecule has 3 unspecified atom stereocenters. The first-order valence-corrected chi connectivity index (χ1v) is 7.38. The molecule has 2 rings (SSSR count). The Bertz CT molecular complexity index is 187. The van der Waals surface area contributed by atoms with Gasteiger partial charge in [0.15, 0.2) is 0 Å². The number of hydrogen-bond donors (Lipinski definition) is 2. The molecule has 2 aliphatic rings. The molecule has 0 spiro atoms. The summed E-state index contributed by atoms with van der Waals surface area (Å²) in [5.41, 5.74) is 0. The Kier molecular flexibility index (Phi) is 5.11. The summed E-state index contributed by atoms with van der Waals surface area (Å²) in [5.74, 6) is 0.910. The van der Waals surface area contributed by atoms with Crippen LogP contribution in [0.15, 0.2) is 0 Å². The predicted molar refractivity (Wildman–Crippen MR) is 69.7 cm³/mol. The van der Waals surface area contributed by atoms with Crippen LogP contribution in [0.5, 0.6) is 0 Å². The van der Waals surface area contributed by atoms with Gasteiger partial charge in [0.1, 0.15) is 0 Å². The molecular formula is C14H28N2. The van der Waals surface area contributed by atoms with Crippen molar-refractivity contribution >= 4 is 0 Å². The second-order valence-electron chi connectivity index (χ2n) is 5.57. The van der Waals surface area contributed by atoms with E-state index in [4.69, 9.17) is 0 Å². The largest absolute Gasteiger partial charge is 0.314 e. The van der Waals surface area contributed by atoms with Crippen LogP contribution >= 0.6 is 0 Å². The Balaban J connectivity index is 1.81. The fourth-order valence-corrected chi connectivity index (χ4v) is 3.44. The van der Waals surface area contributed by atoms with E-state index in [1.165, 1.54) is 64.5 Å². The standard InChI is InChI=1S/C14H28N2/c1-2-3-10-15-13-8-5-4-7-12(13)14-9-6-11-16-14/h12-16H,2-11H2,1H3. The zero-order valence-electron chi connectivity index (χ0n) is 10.8. The van der Waals surface area contributed by atoms with E-state index in [2.05, 4.69) is 17.6 Å². The summed E-state index contributed by atoms with van der Waals surface area (Å²) in [6.07, 6.45) is 11.2. The van der Waals surface area contributed by atoms with Crippen molar-refractivity contribution in [1.82, 2.24) is 10.6 Å². The van der Waals surface area contributed by atoms with E-state index in [9.17, 15) is 0 Å². The SMILES string of the molecule is CCCCNC1CCCCC1C1CCCN1. The summed E-state index contributed by atoms with van der Waals surface area (Å²) in [6, 6.07) is 1.62. The Hall–Kier alpha value is -0.0800. The summed E-state index contributed by atoms with van der Waals surface area (Å²) in [6.45, 7) is 4.76. The van der Waals surface area contributed by atoms with Crippen molar-refractivity contribution in [3.05, 3.63) is 0 Å². The topological polar surface area (TPSA) is 24.1 Å². The molecule has 2 nitrogen and oxygen atoms in total. The molecule has 94 valence electrons. The summed E-state index contributed by atoms with van der Waals surface area (Å²) >= 11 is 0. The molecule has 0 amide bonds. The van der Waals surface area contributed by atoms with E-state index >= 15 is 0 Å². The summed E-state index contributed by atoms with van der Waals surface area (Å²) in [7, 11) is 0. The van der Waals surface area contributed by atoms with Crippen LogP contribution in [0.1, 0.15) is 58.3 Å². The normalized spacial score (nSPS) is 35.4. The quantitative estimate of drug-likeness (QED) is 0.702. The van der Waals surface area contributed by atoms with Crippen molar-refractivity contribution in [2.75, 3.05) is 13.1 Å². The van der Waals surface area contributed by atoms with Gasteiger partial charge in [0, 0.05) is 12.1 Å². The second kappa shape index (κ2) is 6.61. The Morgan fingerprint density at radius 2 is 2.00 bits per heavy atom. The maximum atomic E-state index is 3.81. The molecule has 0 aromatic carbocycles. The van der Waals surface area contributed by atoms with Crippen molar-refractivity contribution in [2.45, 2.75) is 70.4 Å². The highest BCUT2D eigenvalue weighted by atomic mass is 15.0. The van der Waals surface area contributed by atoms with Crippen molar-refractivity contribution in [3.63, 3.8) is 0 Å². The van der Waals surface area contributed by atoms with Crippen LogP contribution in [-0.2, 0) is 0 Å². The van der Waals surface area contributed by atoms with Crippen LogP contribution < -0.4 is 10.6 Å². The summed E-state index contributed by atoms with van der Waals surface area (Å²) in [5, 5.41) is 7.52. The number of rotatable bonds is 5. The molecule has 1 aliphatic heterocycles. The molecule has 0 radical (unpaired) electrons.